The van der Waals surface area contributed by atoms with Crippen molar-refractivity contribution in [2.45, 2.75) is 33.2 Å². The molecule has 19 heavy (non-hydrogen) atoms. The summed E-state index contributed by atoms with van der Waals surface area (Å²) in [6.07, 6.45) is 0.714. The van der Waals surface area contributed by atoms with Gasteiger partial charge in [-0.05, 0) is 44.0 Å². The van der Waals surface area contributed by atoms with Gasteiger partial charge in [0.15, 0.2) is 0 Å². The Kier molecular flexibility index (Phi) is 5.54. The lowest BCUT2D eigenvalue weighted by Crippen LogP contribution is -2.41. The summed E-state index contributed by atoms with van der Waals surface area (Å²) in [5.41, 5.74) is 1.46. The molecule has 0 aromatic heterocycles. The van der Waals surface area contributed by atoms with Crippen LogP contribution in [0.3, 0.4) is 0 Å². The van der Waals surface area contributed by atoms with Crippen LogP contribution in [0.25, 0.3) is 0 Å². The number of aliphatic carboxylic acids is 1. The molecule has 0 bridgehead atoms. The molecule has 0 spiro atoms. The SMILES string of the molecule is CCC(C)N(CC(=O)O)C(=O)c1cc(C)cc(Br)c1. The van der Waals surface area contributed by atoms with E-state index in [2.05, 4.69) is 15.9 Å². The number of rotatable bonds is 5. The fraction of sp³-hybridized carbons (Fsp3) is 0.429. The predicted molar refractivity (Wildman–Crippen MR) is 77.3 cm³/mol. The molecular weight excluding hydrogens is 310 g/mol. The molecule has 1 N–H and O–H groups in total. The number of halogens is 1. The lowest BCUT2D eigenvalue weighted by atomic mass is 10.1. The molecule has 0 fully saturated rings. The third-order valence-corrected chi connectivity index (χ3v) is 3.44. The molecule has 5 heteroatoms. The first-order valence-corrected chi connectivity index (χ1v) is 6.94. The van der Waals surface area contributed by atoms with Crippen molar-refractivity contribution in [1.82, 2.24) is 4.90 Å². The second-order valence-corrected chi connectivity index (χ2v) is 5.52. The molecule has 104 valence electrons. The maximum Gasteiger partial charge on any atom is 0.323 e. The lowest BCUT2D eigenvalue weighted by molar-refractivity contribution is -0.138. The molecule has 1 aromatic rings. The van der Waals surface area contributed by atoms with E-state index in [0.29, 0.717) is 12.0 Å². The smallest absolute Gasteiger partial charge is 0.323 e. The standard InChI is InChI=1S/C14H18BrNO3/c1-4-10(3)16(8-13(17)18)14(19)11-5-9(2)6-12(15)7-11/h5-7,10H,4,8H2,1-3H3,(H,17,18). The molecule has 1 rings (SSSR count). The monoisotopic (exact) mass is 327 g/mol. The number of carboxylic acids is 1. The zero-order chi connectivity index (χ0) is 14.6. The Bertz CT molecular complexity index is 467. The van der Waals surface area contributed by atoms with E-state index in [4.69, 9.17) is 5.11 Å². The summed E-state index contributed by atoms with van der Waals surface area (Å²) in [4.78, 5) is 24.7. The Morgan fingerprint density at radius 1 is 1.37 bits per heavy atom. The summed E-state index contributed by atoms with van der Waals surface area (Å²) in [5, 5.41) is 8.93. The average Bonchev–Trinajstić information content (AvgIpc) is 2.32. The van der Waals surface area contributed by atoms with Gasteiger partial charge in [0, 0.05) is 16.1 Å². The molecule has 1 aromatic carbocycles. The molecule has 0 radical (unpaired) electrons. The molecule has 0 aliphatic carbocycles. The Balaban J connectivity index is 3.07. The molecule has 0 aliphatic heterocycles. The summed E-state index contributed by atoms with van der Waals surface area (Å²) < 4.78 is 0.815. The number of nitrogens with zero attached hydrogens (tertiary/aromatic N) is 1. The van der Waals surface area contributed by atoms with Crippen LogP contribution in [0.15, 0.2) is 22.7 Å². The summed E-state index contributed by atoms with van der Waals surface area (Å²) in [6.45, 7) is 5.40. The van der Waals surface area contributed by atoms with Crippen LogP contribution < -0.4 is 0 Å². The van der Waals surface area contributed by atoms with Crippen LogP contribution in [0, 0.1) is 6.92 Å². The van der Waals surface area contributed by atoms with Gasteiger partial charge in [0.25, 0.3) is 5.91 Å². The summed E-state index contributed by atoms with van der Waals surface area (Å²) in [7, 11) is 0. The van der Waals surface area contributed by atoms with Crippen molar-refractivity contribution < 1.29 is 14.7 Å². The van der Waals surface area contributed by atoms with Gasteiger partial charge in [-0.3, -0.25) is 9.59 Å². The molecule has 4 nitrogen and oxygen atoms in total. The fourth-order valence-electron chi connectivity index (χ4n) is 1.82. The summed E-state index contributed by atoms with van der Waals surface area (Å²) in [6, 6.07) is 5.28. The van der Waals surface area contributed by atoms with E-state index in [1.165, 1.54) is 4.90 Å². The molecule has 1 unspecified atom stereocenters. The van der Waals surface area contributed by atoms with Crippen molar-refractivity contribution in [3.05, 3.63) is 33.8 Å². The molecule has 0 aliphatic rings. The number of hydrogen-bond acceptors (Lipinski definition) is 2. The highest BCUT2D eigenvalue weighted by Crippen LogP contribution is 2.18. The van der Waals surface area contributed by atoms with Gasteiger partial charge in [0.1, 0.15) is 6.54 Å². The van der Waals surface area contributed by atoms with Crippen molar-refractivity contribution in [2.24, 2.45) is 0 Å². The second kappa shape index (κ2) is 6.70. The highest BCUT2D eigenvalue weighted by Gasteiger charge is 2.23. The number of carboxylic acid groups (broad SMARTS) is 1. The van der Waals surface area contributed by atoms with E-state index < -0.39 is 5.97 Å². The molecule has 1 amide bonds. The van der Waals surface area contributed by atoms with E-state index in [0.717, 1.165) is 10.0 Å². The number of aryl methyl sites for hydroxylation is 1. The minimum Gasteiger partial charge on any atom is -0.480 e. The van der Waals surface area contributed by atoms with Crippen LogP contribution in [0.5, 0.6) is 0 Å². The lowest BCUT2D eigenvalue weighted by Gasteiger charge is -2.27. The van der Waals surface area contributed by atoms with Gasteiger partial charge in [0.2, 0.25) is 0 Å². The van der Waals surface area contributed by atoms with Crippen molar-refractivity contribution in [2.75, 3.05) is 6.54 Å². The minimum absolute atomic E-state index is 0.108. The van der Waals surface area contributed by atoms with Gasteiger partial charge < -0.3 is 10.0 Å². The molecule has 0 heterocycles. The fourth-order valence-corrected chi connectivity index (χ4v) is 2.43. The number of benzene rings is 1. The van der Waals surface area contributed by atoms with Crippen LogP contribution in [0.4, 0.5) is 0 Å². The topological polar surface area (TPSA) is 57.6 Å². The first-order valence-electron chi connectivity index (χ1n) is 6.15. The van der Waals surface area contributed by atoms with Crippen LogP contribution in [0.1, 0.15) is 36.2 Å². The number of carbonyl (C=O) groups excluding carboxylic acids is 1. The first-order chi connectivity index (χ1) is 8.85. The maximum absolute atomic E-state index is 12.4. The average molecular weight is 328 g/mol. The Labute approximate surface area is 121 Å². The maximum atomic E-state index is 12.4. The van der Waals surface area contributed by atoms with Crippen LogP contribution in [-0.2, 0) is 4.79 Å². The van der Waals surface area contributed by atoms with Crippen molar-refractivity contribution in [1.29, 1.82) is 0 Å². The second-order valence-electron chi connectivity index (χ2n) is 4.60. The van der Waals surface area contributed by atoms with E-state index in [-0.39, 0.29) is 18.5 Å². The summed E-state index contributed by atoms with van der Waals surface area (Å²) >= 11 is 3.35. The Morgan fingerprint density at radius 3 is 2.47 bits per heavy atom. The summed E-state index contributed by atoms with van der Waals surface area (Å²) in [5.74, 6) is -1.25. The zero-order valence-corrected chi connectivity index (χ0v) is 12.9. The number of amides is 1. The largest absolute Gasteiger partial charge is 0.480 e. The van der Waals surface area contributed by atoms with Crippen molar-refractivity contribution in [3.63, 3.8) is 0 Å². The molecule has 0 saturated heterocycles. The van der Waals surface area contributed by atoms with Crippen molar-refractivity contribution in [3.8, 4) is 0 Å². The Hall–Kier alpha value is -1.36. The van der Waals surface area contributed by atoms with Gasteiger partial charge in [-0.1, -0.05) is 22.9 Å². The van der Waals surface area contributed by atoms with Gasteiger partial charge >= 0.3 is 5.97 Å². The third-order valence-electron chi connectivity index (χ3n) is 2.98. The van der Waals surface area contributed by atoms with Gasteiger partial charge in [-0.2, -0.15) is 0 Å². The number of hydrogen-bond donors (Lipinski definition) is 1. The molecule has 1 atom stereocenters. The molecular formula is C14H18BrNO3. The number of carbonyl (C=O) groups is 2. The molecule has 0 saturated carbocycles. The third kappa shape index (κ3) is 4.35. The van der Waals surface area contributed by atoms with Crippen LogP contribution >= 0.6 is 15.9 Å². The van der Waals surface area contributed by atoms with Gasteiger partial charge in [0.05, 0.1) is 0 Å². The Morgan fingerprint density at radius 2 is 2.00 bits per heavy atom. The van der Waals surface area contributed by atoms with E-state index in [1.54, 1.807) is 12.1 Å². The van der Waals surface area contributed by atoms with E-state index >= 15 is 0 Å². The van der Waals surface area contributed by atoms with Crippen molar-refractivity contribution >= 4 is 27.8 Å². The van der Waals surface area contributed by atoms with E-state index in [9.17, 15) is 9.59 Å². The normalized spacial score (nSPS) is 12.0. The van der Waals surface area contributed by atoms with E-state index in [1.807, 2.05) is 26.8 Å². The van der Waals surface area contributed by atoms with Gasteiger partial charge in [-0.15, -0.1) is 0 Å². The first kappa shape index (κ1) is 15.7. The quantitative estimate of drug-likeness (QED) is 0.904. The minimum atomic E-state index is -1.000. The highest BCUT2D eigenvalue weighted by molar-refractivity contribution is 9.10. The highest BCUT2D eigenvalue weighted by atomic mass is 79.9. The predicted octanol–water partition coefficient (Wildman–Crippen LogP) is 3.08. The van der Waals surface area contributed by atoms with Crippen LogP contribution in [-0.4, -0.2) is 34.5 Å². The van der Waals surface area contributed by atoms with Gasteiger partial charge in [-0.25, -0.2) is 0 Å². The zero-order valence-electron chi connectivity index (χ0n) is 11.3. The van der Waals surface area contributed by atoms with Crippen LogP contribution in [0.2, 0.25) is 0 Å².